The summed E-state index contributed by atoms with van der Waals surface area (Å²) in [7, 11) is -3.53. The quantitative estimate of drug-likeness (QED) is 0.488. The van der Waals surface area contributed by atoms with Gasteiger partial charge in [0, 0.05) is 52.3 Å². The molecule has 0 fully saturated rings. The van der Waals surface area contributed by atoms with Crippen LogP contribution in [-0.4, -0.2) is 44.5 Å². The largest absolute Gasteiger partial charge is 0.361 e. The lowest BCUT2D eigenvalue weighted by Gasteiger charge is -2.26. The van der Waals surface area contributed by atoms with E-state index in [9.17, 15) is 8.42 Å². The Bertz CT molecular complexity index is 1190. The van der Waals surface area contributed by atoms with Crippen molar-refractivity contribution in [1.82, 2.24) is 14.6 Å². The van der Waals surface area contributed by atoms with E-state index in [2.05, 4.69) is 20.7 Å². The van der Waals surface area contributed by atoms with Gasteiger partial charge in [-0.1, -0.05) is 35.3 Å². The number of H-pyrrole nitrogens is 1. The number of nitrogens with one attached hydrogen (secondary N) is 2. The van der Waals surface area contributed by atoms with E-state index >= 15 is 0 Å². The summed E-state index contributed by atoms with van der Waals surface area (Å²) in [6.07, 6.45) is 6.00. The summed E-state index contributed by atoms with van der Waals surface area (Å²) in [5, 5.41) is 2.30. The van der Waals surface area contributed by atoms with Crippen LogP contribution in [0.2, 0.25) is 10.0 Å². The molecule has 0 atom stereocenters. The molecule has 2 heterocycles. The summed E-state index contributed by atoms with van der Waals surface area (Å²) in [6, 6.07) is 12.2. The van der Waals surface area contributed by atoms with Crippen LogP contribution in [0.4, 0.5) is 0 Å². The molecule has 0 saturated heterocycles. The second kappa shape index (κ2) is 9.12. The standard InChI is InChI=1S/C22H23Cl2N3O2S/c23-17-3-1-4-19(13-17)30(28,29)26-9-2-10-27-11-7-16(8-12-27)21-15-25-22-6-5-18(24)14-20(21)22/h1,3-7,13-15,25-26H,2,8-12H2. The number of hydrogen-bond donors (Lipinski definition) is 2. The molecule has 4 rings (SSSR count). The summed E-state index contributed by atoms with van der Waals surface area (Å²) in [4.78, 5) is 5.84. The highest BCUT2D eigenvalue weighted by molar-refractivity contribution is 7.89. The van der Waals surface area contributed by atoms with Crippen molar-refractivity contribution in [3.63, 3.8) is 0 Å². The molecule has 1 aliphatic heterocycles. The zero-order valence-corrected chi connectivity index (χ0v) is 18.7. The van der Waals surface area contributed by atoms with E-state index in [0.717, 1.165) is 48.4 Å². The van der Waals surface area contributed by atoms with Gasteiger partial charge in [-0.2, -0.15) is 0 Å². The maximum Gasteiger partial charge on any atom is 0.240 e. The van der Waals surface area contributed by atoms with Crippen LogP contribution in [0.3, 0.4) is 0 Å². The number of benzene rings is 2. The van der Waals surface area contributed by atoms with Crippen LogP contribution in [0.1, 0.15) is 18.4 Å². The summed E-state index contributed by atoms with van der Waals surface area (Å²) in [5.41, 5.74) is 3.62. The number of aromatic nitrogens is 1. The third kappa shape index (κ3) is 4.90. The molecule has 30 heavy (non-hydrogen) atoms. The lowest BCUT2D eigenvalue weighted by atomic mass is 9.99. The van der Waals surface area contributed by atoms with E-state index in [4.69, 9.17) is 23.2 Å². The average Bonchev–Trinajstić information content (AvgIpc) is 3.15. The lowest BCUT2D eigenvalue weighted by Crippen LogP contribution is -2.32. The number of nitrogens with zero attached hydrogens (tertiary/aromatic N) is 1. The number of sulfonamides is 1. The first-order valence-electron chi connectivity index (χ1n) is 9.86. The Balaban J connectivity index is 1.29. The predicted molar refractivity (Wildman–Crippen MR) is 124 cm³/mol. The first-order valence-corrected chi connectivity index (χ1v) is 12.1. The van der Waals surface area contributed by atoms with Crippen LogP contribution >= 0.6 is 23.2 Å². The maximum absolute atomic E-state index is 12.3. The minimum atomic E-state index is -3.53. The zero-order chi connectivity index (χ0) is 21.1. The molecule has 158 valence electrons. The number of hydrogen-bond acceptors (Lipinski definition) is 3. The summed E-state index contributed by atoms with van der Waals surface area (Å²) >= 11 is 12.1. The van der Waals surface area contributed by atoms with E-state index in [0.29, 0.717) is 11.6 Å². The van der Waals surface area contributed by atoms with Gasteiger partial charge in [0.1, 0.15) is 0 Å². The Morgan fingerprint density at radius 3 is 2.70 bits per heavy atom. The predicted octanol–water partition coefficient (Wildman–Crippen LogP) is 4.93. The fraction of sp³-hybridized carbons (Fsp3) is 0.273. The Kier molecular flexibility index (Phi) is 6.51. The van der Waals surface area contributed by atoms with Gasteiger partial charge in [-0.25, -0.2) is 13.1 Å². The summed E-state index contributed by atoms with van der Waals surface area (Å²) in [5.74, 6) is 0. The van der Waals surface area contributed by atoms with Gasteiger partial charge in [-0.3, -0.25) is 4.90 Å². The van der Waals surface area contributed by atoms with Crippen molar-refractivity contribution in [2.24, 2.45) is 0 Å². The molecular formula is C22H23Cl2N3O2S. The van der Waals surface area contributed by atoms with E-state index in [1.807, 2.05) is 24.4 Å². The molecule has 1 aromatic heterocycles. The highest BCUT2D eigenvalue weighted by Gasteiger charge is 2.17. The molecule has 0 bridgehead atoms. The monoisotopic (exact) mass is 463 g/mol. The van der Waals surface area contributed by atoms with Crippen LogP contribution < -0.4 is 4.72 Å². The first-order chi connectivity index (χ1) is 14.4. The molecule has 0 aliphatic carbocycles. The summed E-state index contributed by atoms with van der Waals surface area (Å²) in [6.45, 7) is 3.02. The van der Waals surface area contributed by atoms with Crippen molar-refractivity contribution in [1.29, 1.82) is 0 Å². The van der Waals surface area contributed by atoms with Gasteiger partial charge in [0.2, 0.25) is 10.0 Å². The van der Waals surface area contributed by atoms with Gasteiger partial charge >= 0.3 is 0 Å². The van der Waals surface area contributed by atoms with Crippen LogP contribution in [0, 0.1) is 0 Å². The molecule has 0 spiro atoms. The molecule has 1 aliphatic rings. The minimum absolute atomic E-state index is 0.194. The van der Waals surface area contributed by atoms with Crippen LogP contribution in [-0.2, 0) is 10.0 Å². The van der Waals surface area contributed by atoms with E-state index in [-0.39, 0.29) is 4.90 Å². The average molecular weight is 464 g/mol. The lowest BCUT2D eigenvalue weighted by molar-refractivity contribution is 0.298. The number of fused-ring (bicyclic) bond motifs is 1. The van der Waals surface area contributed by atoms with Gasteiger partial charge in [-0.15, -0.1) is 0 Å². The van der Waals surface area contributed by atoms with Crippen molar-refractivity contribution >= 4 is 49.7 Å². The Labute approximate surface area is 186 Å². The van der Waals surface area contributed by atoms with Gasteiger partial charge < -0.3 is 4.98 Å². The van der Waals surface area contributed by atoms with Crippen molar-refractivity contribution in [2.75, 3.05) is 26.2 Å². The Hall–Kier alpha value is -1.83. The molecule has 2 aromatic carbocycles. The Morgan fingerprint density at radius 1 is 1.10 bits per heavy atom. The first kappa shape index (κ1) is 21.4. The van der Waals surface area contributed by atoms with Crippen molar-refractivity contribution in [3.8, 4) is 0 Å². The topological polar surface area (TPSA) is 65.2 Å². The van der Waals surface area contributed by atoms with Gasteiger partial charge in [0.25, 0.3) is 0 Å². The Morgan fingerprint density at radius 2 is 1.93 bits per heavy atom. The minimum Gasteiger partial charge on any atom is -0.361 e. The molecule has 0 amide bonds. The highest BCUT2D eigenvalue weighted by Crippen LogP contribution is 2.30. The molecule has 3 aromatic rings. The van der Waals surface area contributed by atoms with E-state index < -0.39 is 10.0 Å². The van der Waals surface area contributed by atoms with Crippen LogP contribution in [0.15, 0.2) is 59.6 Å². The van der Waals surface area contributed by atoms with Gasteiger partial charge in [0.05, 0.1) is 4.90 Å². The van der Waals surface area contributed by atoms with Gasteiger partial charge in [0.15, 0.2) is 0 Å². The SMILES string of the molecule is O=S(=O)(NCCCN1CC=C(c2c[nH]c3ccc(Cl)cc23)CC1)c1cccc(Cl)c1. The van der Waals surface area contributed by atoms with Crippen LogP contribution in [0.25, 0.3) is 16.5 Å². The van der Waals surface area contributed by atoms with E-state index in [1.165, 1.54) is 17.2 Å². The maximum atomic E-state index is 12.3. The second-order valence-electron chi connectivity index (χ2n) is 7.38. The summed E-state index contributed by atoms with van der Waals surface area (Å²) < 4.78 is 27.3. The third-order valence-corrected chi connectivity index (χ3v) is 7.26. The fourth-order valence-corrected chi connectivity index (χ4v) is 5.29. The smallest absolute Gasteiger partial charge is 0.240 e. The molecular weight excluding hydrogens is 441 g/mol. The zero-order valence-electron chi connectivity index (χ0n) is 16.4. The number of halogens is 2. The van der Waals surface area contributed by atoms with Crippen LogP contribution in [0.5, 0.6) is 0 Å². The molecule has 0 saturated carbocycles. The molecule has 8 heteroatoms. The molecule has 5 nitrogen and oxygen atoms in total. The fourth-order valence-electron chi connectivity index (χ4n) is 3.74. The number of rotatable bonds is 7. The molecule has 0 radical (unpaired) electrons. The van der Waals surface area contributed by atoms with Crippen molar-refractivity contribution < 1.29 is 8.42 Å². The highest BCUT2D eigenvalue weighted by atomic mass is 35.5. The third-order valence-electron chi connectivity index (χ3n) is 5.33. The second-order valence-corrected chi connectivity index (χ2v) is 10.0. The molecule has 0 unspecified atom stereocenters. The van der Waals surface area contributed by atoms with Crippen molar-refractivity contribution in [2.45, 2.75) is 17.7 Å². The molecule has 2 N–H and O–H groups in total. The van der Waals surface area contributed by atoms with E-state index in [1.54, 1.807) is 18.2 Å². The normalized spacial score (nSPS) is 15.5. The van der Waals surface area contributed by atoms with Crippen molar-refractivity contribution in [3.05, 3.63) is 70.3 Å². The van der Waals surface area contributed by atoms with Gasteiger partial charge in [-0.05, 0) is 61.4 Å². The number of aromatic amines is 1.